The number of rotatable bonds is 9. The number of amides is 1. The molecule has 0 aliphatic rings. The van der Waals surface area contributed by atoms with Crippen molar-refractivity contribution in [2.45, 2.75) is 20.8 Å². The van der Waals surface area contributed by atoms with Crippen molar-refractivity contribution in [2.75, 3.05) is 43.5 Å². The summed E-state index contributed by atoms with van der Waals surface area (Å²) in [6.07, 6.45) is 0. The van der Waals surface area contributed by atoms with Crippen LogP contribution in [0.25, 0.3) is 0 Å². The standard InChI is InChI=1S/C14H24N4O2S/c1-5-18(6-2)14-17-12(15)11(21-14)13(19)16-7-8-20-9-10(3)4/h3,5-9,15H2,1-2,4H3,(H,16,19). The summed E-state index contributed by atoms with van der Waals surface area (Å²) >= 11 is 1.32. The van der Waals surface area contributed by atoms with Crippen LogP contribution < -0.4 is 16.0 Å². The molecule has 3 N–H and O–H groups in total. The summed E-state index contributed by atoms with van der Waals surface area (Å²) in [6.45, 7) is 12.8. The molecule has 0 bridgehead atoms. The van der Waals surface area contributed by atoms with Gasteiger partial charge in [0.25, 0.3) is 5.91 Å². The van der Waals surface area contributed by atoms with E-state index >= 15 is 0 Å². The van der Waals surface area contributed by atoms with Gasteiger partial charge in [-0.2, -0.15) is 0 Å². The lowest BCUT2D eigenvalue weighted by atomic mass is 10.4. The maximum atomic E-state index is 12.1. The summed E-state index contributed by atoms with van der Waals surface area (Å²) in [4.78, 5) is 18.8. The van der Waals surface area contributed by atoms with E-state index in [4.69, 9.17) is 10.5 Å². The molecule has 0 radical (unpaired) electrons. The summed E-state index contributed by atoms with van der Waals surface area (Å²) in [5, 5.41) is 3.56. The molecule has 21 heavy (non-hydrogen) atoms. The molecule has 0 unspecified atom stereocenters. The first-order valence-corrected chi connectivity index (χ1v) is 7.82. The van der Waals surface area contributed by atoms with E-state index in [0.29, 0.717) is 24.6 Å². The normalized spacial score (nSPS) is 10.4. The van der Waals surface area contributed by atoms with Crippen LogP contribution in [0.15, 0.2) is 12.2 Å². The summed E-state index contributed by atoms with van der Waals surface area (Å²) in [7, 11) is 0. The van der Waals surface area contributed by atoms with E-state index in [0.717, 1.165) is 23.8 Å². The van der Waals surface area contributed by atoms with E-state index in [1.807, 2.05) is 20.8 Å². The number of hydrogen-bond acceptors (Lipinski definition) is 6. The third kappa shape index (κ3) is 5.35. The van der Waals surface area contributed by atoms with Gasteiger partial charge in [0.2, 0.25) is 0 Å². The predicted octanol–water partition coefficient (Wildman–Crippen LogP) is 1.89. The van der Waals surface area contributed by atoms with Gasteiger partial charge in [-0.15, -0.1) is 0 Å². The molecule has 1 aromatic heterocycles. The predicted molar refractivity (Wildman–Crippen MR) is 88.1 cm³/mol. The fourth-order valence-electron chi connectivity index (χ4n) is 1.68. The van der Waals surface area contributed by atoms with Crippen LogP contribution in [-0.2, 0) is 4.74 Å². The van der Waals surface area contributed by atoms with Crippen molar-refractivity contribution in [1.29, 1.82) is 0 Å². The van der Waals surface area contributed by atoms with Crippen molar-refractivity contribution in [3.8, 4) is 0 Å². The van der Waals surface area contributed by atoms with E-state index in [1.54, 1.807) is 0 Å². The highest BCUT2D eigenvalue weighted by atomic mass is 32.1. The zero-order valence-electron chi connectivity index (χ0n) is 12.9. The summed E-state index contributed by atoms with van der Waals surface area (Å²) in [5.74, 6) is 0.0737. The lowest BCUT2D eigenvalue weighted by molar-refractivity contribution is 0.0931. The quantitative estimate of drug-likeness (QED) is 0.538. The molecule has 0 saturated carbocycles. The van der Waals surface area contributed by atoms with E-state index in [-0.39, 0.29) is 11.7 Å². The summed E-state index contributed by atoms with van der Waals surface area (Å²) < 4.78 is 5.32. The van der Waals surface area contributed by atoms with Crippen LogP contribution in [-0.4, -0.2) is 43.7 Å². The Balaban J connectivity index is 2.52. The van der Waals surface area contributed by atoms with E-state index in [1.165, 1.54) is 11.3 Å². The monoisotopic (exact) mass is 312 g/mol. The van der Waals surface area contributed by atoms with Gasteiger partial charge in [-0.05, 0) is 20.8 Å². The summed E-state index contributed by atoms with van der Waals surface area (Å²) in [5.41, 5.74) is 6.78. The maximum absolute atomic E-state index is 12.1. The number of carbonyl (C=O) groups is 1. The molecular weight excluding hydrogens is 288 g/mol. The second kappa shape index (κ2) is 8.63. The highest BCUT2D eigenvalue weighted by molar-refractivity contribution is 7.18. The van der Waals surface area contributed by atoms with E-state index in [2.05, 4.69) is 21.8 Å². The number of aromatic nitrogens is 1. The number of nitrogen functional groups attached to an aromatic ring is 1. The lowest BCUT2D eigenvalue weighted by Gasteiger charge is -2.16. The van der Waals surface area contributed by atoms with Gasteiger partial charge in [-0.3, -0.25) is 4.79 Å². The molecule has 1 amide bonds. The minimum atomic E-state index is -0.206. The number of nitrogens with zero attached hydrogens (tertiary/aromatic N) is 2. The SMILES string of the molecule is C=C(C)COCCNC(=O)c1sc(N(CC)CC)nc1N. The van der Waals surface area contributed by atoms with E-state index < -0.39 is 0 Å². The van der Waals surface area contributed by atoms with Crippen LogP contribution in [0.2, 0.25) is 0 Å². The van der Waals surface area contributed by atoms with Crippen LogP contribution in [0.3, 0.4) is 0 Å². The third-order valence-electron chi connectivity index (χ3n) is 2.76. The molecular formula is C14H24N4O2S. The number of anilines is 2. The first-order valence-electron chi connectivity index (χ1n) is 7.01. The highest BCUT2D eigenvalue weighted by Gasteiger charge is 2.18. The van der Waals surface area contributed by atoms with Crippen molar-refractivity contribution in [2.24, 2.45) is 0 Å². The van der Waals surface area contributed by atoms with Crippen molar-refractivity contribution < 1.29 is 9.53 Å². The molecule has 1 aromatic rings. The minimum Gasteiger partial charge on any atom is -0.382 e. The molecule has 0 aromatic carbocycles. The van der Waals surface area contributed by atoms with Gasteiger partial charge in [-0.25, -0.2) is 4.98 Å². The fourth-order valence-corrected chi connectivity index (χ4v) is 2.70. The van der Waals surface area contributed by atoms with Crippen molar-refractivity contribution in [1.82, 2.24) is 10.3 Å². The van der Waals surface area contributed by atoms with Gasteiger partial charge < -0.3 is 20.7 Å². The van der Waals surface area contributed by atoms with Gasteiger partial charge in [0, 0.05) is 19.6 Å². The Labute approximate surface area is 130 Å². The second-order valence-electron chi connectivity index (χ2n) is 4.65. The van der Waals surface area contributed by atoms with Crippen molar-refractivity contribution in [3.05, 3.63) is 17.0 Å². The molecule has 0 saturated heterocycles. The molecule has 0 spiro atoms. The summed E-state index contributed by atoms with van der Waals surface area (Å²) in [6, 6.07) is 0. The van der Waals surface area contributed by atoms with E-state index in [9.17, 15) is 4.79 Å². The van der Waals surface area contributed by atoms with Gasteiger partial charge in [0.1, 0.15) is 10.7 Å². The molecule has 1 heterocycles. The fraction of sp³-hybridized carbons (Fsp3) is 0.571. The Hall–Kier alpha value is -1.60. The first kappa shape index (κ1) is 17.5. The average Bonchev–Trinajstić information content (AvgIpc) is 2.81. The van der Waals surface area contributed by atoms with Crippen LogP contribution >= 0.6 is 11.3 Å². The smallest absolute Gasteiger partial charge is 0.265 e. The number of thiazole rings is 1. The zero-order valence-corrected chi connectivity index (χ0v) is 13.8. The maximum Gasteiger partial charge on any atom is 0.265 e. The number of carbonyl (C=O) groups excluding carboxylic acids is 1. The van der Waals surface area contributed by atoms with Crippen LogP contribution in [0.4, 0.5) is 10.9 Å². The third-order valence-corrected chi connectivity index (χ3v) is 3.89. The van der Waals surface area contributed by atoms with Crippen molar-refractivity contribution in [3.63, 3.8) is 0 Å². The molecule has 118 valence electrons. The van der Waals surface area contributed by atoms with Crippen molar-refractivity contribution >= 4 is 28.2 Å². The molecule has 1 rings (SSSR count). The van der Waals surface area contributed by atoms with Gasteiger partial charge >= 0.3 is 0 Å². The Kier molecular flexibility index (Phi) is 7.18. The number of ether oxygens (including phenoxy) is 1. The Morgan fingerprint density at radius 3 is 2.71 bits per heavy atom. The number of nitrogens with one attached hydrogen (secondary N) is 1. The van der Waals surface area contributed by atoms with Crippen LogP contribution in [0.5, 0.6) is 0 Å². The molecule has 0 atom stereocenters. The minimum absolute atomic E-state index is 0.206. The second-order valence-corrected chi connectivity index (χ2v) is 5.63. The van der Waals surface area contributed by atoms with Gasteiger partial charge in [0.05, 0.1) is 13.2 Å². The van der Waals surface area contributed by atoms with Crippen LogP contribution in [0, 0.1) is 0 Å². The molecule has 0 aliphatic heterocycles. The van der Waals surface area contributed by atoms with Gasteiger partial charge in [0.15, 0.2) is 5.13 Å². The lowest BCUT2D eigenvalue weighted by Crippen LogP contribution is -2.27. The number of nitrogens with two attached hydrogens (primary N) is 1. The Bertz CT molecular complexity index is 483. The topological polar surface area (TPSA) is 80.5 Å². The Morgan fingerprint density at radius 1 is 1.48 bits per heavy atom. The van der Waals surface area contributed by atoms with Crippen LogP contribution in [0.1, 0.15) is 30.4 Å². The largest absolute Gasteiger partial charge is 0.382 e. The molecule has 7 heteroatoms. The molecule has 0 aliphatic carbocycles. The average molecular weight is 312 g/mol. The molecule has 0 fully saturated rings. The van der Waals surface area contributed by atoms with Gasteiger partial charge in [-0.1, -0.05) is 23.5 Å². The molecule has 6 nitrogen and oxygen atoms in total. The zero-order chi connectivity index (χ0) is 15.8. The highest BCUT2D eigenvalue weighted by Crippen LogP contribution is 2.27. The first-order chi connectivity index (χ1) is 9.99. The Morgan fingerprint density at radius 2 is 2.14 bits per heavy atom. The number of hydrogen-bond donors (Lipinski definition) is 2.